The smallest absolute Gasteiger partial charge is 0.410 e. The number of halogens is 1. The van der Waals surface area contributed by atoms with Crippen LogP contribution in [-0.2, 0) is 16.1 Å². The maximum absolute atomic E-state index is 12.8. The summed E-state index contributed by atoms with van der Waals surface area (Å²) >= 11 is 2.46. The normalized spacial score (nSPS) is 18.6. The number of carbonyl (C=O) groups excluding carboxylic acids is 1. The van der Waals surface area contributed by atoms with E-state index in [0.717, 1.165) is 22.9 Å². The topological polar surface area (TPSA) is 64.6 Å². The number of benzene rings is 1. The van der Waals surface area contributed by atoms with Crippen LogP contribution >= 0.6 is 15.9 Å². The average molecular weight is 473 g/mol. The standard InChI is InChI=1S/C21H33BrN2O3S/c1-20(2,3)27-19(25)24-13-11-15(12-14-24)18(23-28(26)21(4,5)6)16-9-7-8-10-17(16)22/h7-10,15,18,23H,11-14H2,1-6H3/t18-,28+/m1/s1. The van der Waals surface area contributed by atoms with Gasteiger partial charge >= 0.3 is 6.09 Å². The molecule has 2 atom stereocenters. The highest BCUT2D eigenvalue weighted by atomic mass is 79.9. The van der Waals surface area contributed by atoms with E-state index in [1.807, 2.05) is 59.7 Å². The predicted molar refractivity (Wildman–Crippen MR) is 118 cm³/mol. The largest absolute Gasteiger partial charge is 0.598 e. The Morgan fingerprint density at radius 2 is 1.79 bits per heavy atom. The van der Waals surface area contributed by atoms with Gasteiger partial charge in [-0.1, -0.05) is 34.1 Å². The third-order valence-corrected chi connectivity index (χ3v) is 7.00. The van der Waals surface area contributed by atoms with Crippen molar-refractivity contribution in [3.63, 3.8) is 0 Å². The van der Waals surface area contributed by atoms with Crippen molar-refractivity contribution in [2.75, 3.05) is 13.1 Å². The van der Waals surface area contributed by atoms with Crippen LogP contribution in [0.25, 0.3) is 0 Å². The maximum Gasteiger partial charge on any atom is 0.410 e. The molecule has 0 spiro atoms. The van der Waals surface area contributed by atoms with E-state index in [9.17, 15) is 9.35 Å². The molecular formula is C21H33BrN2O3S. The maximum atomic E-state index is 12.8. The highest BCUT2D eigenvalue weighted by Crippen LogP contribution is 2.36. The lowest BCUT2D eigenvalue weighted by molar-refractivity contribution is 0.0172. The molecule has 1 saturated heterocycles. The fourth-order valence-corrected chi connectivity index (χ4v) is 4.61. The number of nitrogens with one attached hydrogen (secondary N) is 1. The van der Waals surface area contributed by atoms with Crippen molar-refractivity contribution < 1.29 is 14.1 Å². The summed E-state index contributed by atoms with van der Waals surface area (Å²) in [7, 11) is 0. The molecule has 158 valence electrons. The van der Waals surface area contributed by atoms with Crippen molar-refractivity contribution in [3.05, 3.63) is 34.3 Å². The van der Waals surface area contributed by atoms with Crippen molar-refractivity contribution in [2.24, 2.45) is 5.92 Å². The second-order valence-corrected chi connectivity index (χ2v) is 12.2. The lowest BCUT2D eigenvalue weighted by Crippen LogP contribution is -2.47. The molecule has 1 aromatic carbocycles. The van der Waals surface area contributed by atoms with Gasteiger partial charge in [0.15, 0.2) is 0 Å². The van der Waals surface area contributed by atoms with E-state index in [4.69, 9.17) is 4.74 Å². The Balaban J connectivity index is 2.13. The Morgan fingerprint density at radius 3 is 2.29 bits per heavy atom. The molecule has 1 heterocycles. The molecule has 2 rings (SSSR count). The lowest BCUT2D eigenvalue weighted by atomic mass is 9.86. The fourth-order valence-electron chi connectivity index (χ4n) is 3.17. The highest BCUT2D eigenvalue weighted by Gasteiger charge is 2.37. The summed E-state index contributed by atoms with van der Waals surface area (Å²) in [6, 6.07) is 8.03. The third-order valence-electron chi connectivity index (χ3n) is 4.69. The monoisotopic (exact) mass is 472 g/mol. The second kappa shape index (κ2) is 9.37. The average Bonchev–Trinajstić information content (AvgIpc) is 2.58. The number of hydrogen-bond donors (Lipinski definition) is 1. The van der Waals surface area contributed by atoms with Gasteiger partial charge in [0.25, 0.3) is 0 Å². The quantitative estimate of drug-likeness (QED) is 0.612. The Kier molecular flexibility index (Phi) is 7.87. The minimum atomic E-state index is -1.18. The van der Waals surface area contributed by atoms with E-state index < -0.39 is 17.0 Å². The Bertz CT molecular complexity index is 664. The number of piperidine rings is 1. The highest BCUT2D eigenvalue weighted by molar-refractivity contribution is 9.10. The molecule has 0 bridgehead atoms. The first-order chi connectivity index (χ1) is 12.9. The van der Waals surface area contributed by atoms with Crippen LogP contribution in [0.15, 0.2) is 28.7 Å². The molecule has 1 aliphatic heterocycles. The van der Waals surface area contributed by atoms with E-state index in [0.29, 0.717) is 13.1 Å². The van der Waals surface area contributed by atoms with Crippen LogP contribution in [-0.4, -0.2) is 39.0 Å². The van der Waals surface area contributed by atoms with Gasteiger partial charge in [-0.15, -0.1) is 4.72 Å². The van der Waals surface area contributed by atoms with Gasteiger partial charge in [0.2, 0.25) is 0 Å². The molecule has 1 aliphatic rings. The molecule has 28 heavy (non-hydrogen) atoms. The minimum Gasteiger partial charge on any atom is -0.598 e. The molecule has 0 aromatic heterocycles. The molecule has 5 nitrogen and oxygen atoms in total. The van der Waals surface area contributed by atoms with Crippen molar-refractivity contribution in [1.82, 2.24) is 9.62 Å². The third kappa shape index (κ3) is 6.65. The number of carbonyl (C=O) groups is 1. The first kappa shape index (κ1) is 23.5. The summed E-state index contributed by atoms with van der Waals surface area (Å²) in [5.41, 5.74) is 0.618. The van der Waals surface area contributed by atoms with Crippen molar-refractivity contribution >= 4 is 33.4 Å². The summed E-state index contributed by atoms with van der Waals surface area (Å²) in [5, 5.41) is 0. The van der Waals surface area contributed by atoms with Gasteiger partial charge in [0, 0.05) is 28.9 Å². The Labute approximate surface area is 181 Å². The molecule has 0 aliphatic carbocycles. The van der Waals surface area contributed by atoms with Gasteiger partial charge in [-0.05, 0) is 71.9 Å². The van der Waals surface area contributed by atoms with E-state index in [-0.39, 0.29) is 22.8 Å². The van der Waals surface area contributed by atoms with Gasteiger partial charge in [-0.3, -0.25) is 0 Å². The summed E-state index contributed by atoms with van der Waals surface area (Å²) < 4.78 is 22.4. The van der Waals surface area contributed by atoms with Gasteiger partial charge in [0.05, 0.1) is 6.04 Å². The van der Waals surface area contributed by atoms with Crippen LogP contribution in [0.4, 0.5) is 4.79 Å². The molecule has 0 saturated carbocycles. The van der Waals surface area contributed by atoms with E-state index >= 15 is 0 Å². The van der Waals surface area contributed by atoms with Crippen LogP contribution in [0.2, 0.25) is 0 Å². The number of ether oxygens (including phenoxy) is 1. The summed E-state index contributed by atoms with van der Waals surface area (Å²) in [5.74, 6) is 0.281. The summed E-state index contributed by atoms with van der Waals surface area (Å²) in [6.45, 7) is 12.8. The summed E-state index contributed by atoms with van der Waals surface area (Å²) in [6.07, 6.45) is 1.41. The van der Waals surface area contributed by atoms with Crippen LogP contribution in [0.1, 0.15) is 66.0 Å². The SMILES string of the molecule is CC(C)(C)OC(=O)N1CCC([C@@H](N[S@@+]([O-])C(C)(C)C)c2ccccc2Br)CC1. The zero-order chi connectivity index (χ0) is 21.1. The van der Waals surface area contributed by atoms with E-state index in [2.05, 4.69) is 26.7 Å². The zero-order valence-corrected chi connectivity index (χ0v) is 20.2. The fraction of sp³-hybridized carbons (Fsp3) is 0.667. The van der Waals surface area contributed by atoms with Crippen LogP contribution in [0.3, 0.4) is 0 Å². The number of likely N-dealkylation sites (tertiary alicyclic amines) is 1. The van der Waals surface area contributed by atoms with Gasteiger partial charge in [-0.25, -0.2) is 4.79 Å². The van der Waals surface area contributed by atoms with Gasteiger partial charge in [-0.2, -0.15) is 0 Å². The number of nitrogens with zero attached hydrogens (tertiary/aromatic N) is 1. The van der Waals surface area contributed by atoms with E-state index in [1.165, 1.54) is 0 Å². The number of hydrogen-bond acceptors (Lipinski definition) is 4. The number of amides is 1. The Hall–Kier alpha value is -0.760. The first-order valence-electron chi connectivity index (χ1n) is 9.79. The van der Waals surface area contributed by atoms with Crippen LogP contribution < -0.4 is 4.72 Å². The van der Waals surface area contributed by atoms with Gasteiger partial charge < -0.3 is 14.2 Å². The van der Waals surface area contributed by atoms with Crippen LogP contribution in [0, 0.1) is 5.92 Å². The van der Waals surface area contributed by atoms with E-state index in [1.54, 1.807) is 4.90 Å². The molecular weight excluding hydrogens is 440 g/mol. The molecule has 1 fully saturated rings. The Morgan fingerprint density at radius 1 is 1.21 bits per heavy atom. The molecule has 0 radical (unpaired) electrons. The van der Waals surface area contributed by atoms with Crippen LogP contribution in [0.5, 0.6) is 0 Å². The van der Waals surface area contributed by atoms with Gasteiger partial charge in [0.1, 0.15) is 10.3 Å². The second-order valence-electron chi connectivity index (χ2n) is 9.30. The predicted octanol–water partition coefficient (Wildman–Crippen LogP) is 5.19. The van der Waals surface area contributed by atoms with Crippen molar-refractivity contribution in [2.45, 2.75) is 70.8 Å². The van der Waals surface area contributed by atoms with Crippen molar-refractivity contribution in [3.8, 4) is 0 Å². The number of rotatable bonds is 4. The molecule has 1 amide bonds. The molecule has 7 heteroatoms. The molecule has 1 N–H and O–H groups in total. The zero-order valence-electron chi connectivity index (χ0n) is 17.8. The molecule has 1 aromatic rings. The summed E-state index contributed by atoms with van der Waals surface area (Å²) in [4.78, 5) is 14.1. The lowest BCUT2D eigenvalue weighted by Gasteiger charge is -2.38. The molecule has 0 unspecified atom stereocenters. The minimum absolute atomic E-state index is 0.0450. The van der Waals surface area contributed by atoms with Crippen molar-refractivity contribution in [1.29, 1.82) is 0 Å². The first-order valence-corrected chi connectivity index (χ1v) is 11.7.